The molecule has 4 rings (SSSR count). The van der Waals surface area contributed by atoms with Gasteiger partial charge < -0.3 is 4.57 Å². The molecule has 0 bridgehead atoms. The van der Waals surface area contributed by atoms with Crippen LogP contribution in [0.5, 0.6) is 0 Å². The fourth-order valence-corrected chi connectivity index (χ4v) is 2.90. The second-order valence-corrected chi connectivity index (χ2v) is 5.86. The van der Waals surface area contributed by atoms with E-state index < -0.39 is 0 Å². The van der Waals surface area contributed by atoms with E-state index in [0.29, 0.717) is 23.0 Å². The Bertz CT molecular complexity index is 1080. The van der Waals surface area contributed by atoms with Gasteiger partial charge in [0.2, 0.25) is 5.78 Å². The van der Waals surface area contributed by atoms with Crippen molar-refractivity contribution in [2.24, 2.45) is 0 Å². The molecule has 0 spiro atoms. The summed E-state index contributed by atoms with van der Waals surface area (Å²) in [5, 5.41) is 8.93. The smallest absolute Gasteiger partial charge is 0.281 e. The van der Waals surface area contributed by atoms with Gasteiger partial charge in [-0.05, 0) is 36.8 Å². The van der Waals surface area contributed by atoms with Crippen molar-refractivity contribution in [1.82, 2.24) is 19.2 Å². The molecule has 114 valence electrons. The van der Waals surface area contributed by atoms with Crippen molar-refractivity contribution in [2.45, 2.75) is 13.5 Å². The van der Waals surface area contributed by atoms with Gasteiger partial charge in [-0.2, -0.15) is 0 Å². The Morgan fingerprint density at radius 1 is 1.00 bits per heavy atom. The van der Waals surface area contributed by atoms with Crippen molar-refractivity contribution in [2.75, 3.05) is 0 Å². The molecule has 0 radical (unpaired) electrons. The number of fused-ring (bicyclic) bond motifs is 3. The van der Waals surface area contributed by atoms with Crippen molar-refractivity contribution in [3.63, 3.8) is 0 Å². The first-order chi connectivity index (χ1) is 11.1. The fourth-order valence-electron chi connectivity index (χ4n) is 2.77. The van der Waals surface area contributed by atoms with E-state index in [9.17, 15) is 4.79 Å². The molecule has 23 heavy (non-hydrogen) atoms. The molecular formula is C17H13ClN4O. The van der Waals surface area contributed by atoms with Crippen molar-refractivity contribution in [1.29, 1.82) is 0 Å². The lowest BCUT2D eigenvalue weighted by atomic mass is 10.2. The lowest BCUT2D eigenvalue weighted by Gasteiger charge is -2.06. The average molecular weight is 325 g/mol. The Morgan fingerprint density at radius 2 is 1.70 bits per heavy atom. The third kappa shape index (κ3) is 2.21. The maximum Gasteiger partial charge on any atom is 0.281 e. The van der Waals surface area contributed by atoms with Gasteiger partial charge in [-0.1, -0.05) is 35.9 Å². The highest BCUT2D eigenvalue weighted by Crippen LogP contribution is 2.20. The van der Waals surface area contributed by atoms with E-state index in [1.807, 2.05) is 53.1 Å². The number of imidazole rings is 1. The molecule has 0 aliphatic carbocycles. The van der Waals surface area contributed by atoms with Crippen LogP contribution in [0.4, 0.5) is 0 Å². The van der Waals surface area contributed by atoms with Crippen molar-refractivity contribution < 1.29 is 0 Å². The zero-order chi connectivity index (χ0) is 16.0. The third-order valence-corrected chi connectivity index (χ3v) is 4.16. The number of rotatable bonds is 2. The lowest BCUT2D eigenvalue weighted by Crippen LogP contribution is -2.19. The van der Waals surface area contributed by atoms with Gasteiger partial charge >= 0.3 is 0 Å². The van der Waals surface area contributed by atoms with Gasteiger partial charge in [0.25, 0.3) is 5.56 Å². The number of aryl methyl sites for hydroxylation is 1. The number of hydrogen-bond acceptors (Lipinski definition) is 3. The van der Waals surface area contributed by atoms with Crippen molar-refractivity contribution >= 4 is 28.4 Å². The van der Waals surface area contributed by atoms with Gasteiger partial charge in [0.1, 0.15) is 5.69 Å². The predicted octanol–water partition coefficient (Wildman–Crippen LogP) is 3.05. The van der Waals surface area contributed by atoms with E-state index in [1.54, 1.807) is 11.3 Å². The van der Waals surface area contributed by atoms with Gasteiger partial charge in [0.05, 0.1) is 17.6 Å². The monoisotopic (exact) mass is 324 g/mol. The topological polar surface area (TPSA) is 52.2 Å². The largest absolute Gasteiger partial charge is 0.304 e. The summed E-state index contributed by atoms with van der Waals surface area (Å²) in [7, 11) is 0. The molecule has 2 heterocycles. The predicted molar refractivity (Wildman–Crippen MR) is 90.0 cm³/mol. The summed E-state index contributed by atoms with van der Waals surface area (Å²) in [6.45, 7) is 2.26. The number of halogens is 1. The molecular weight excluding hydrogens is 312 g/mol. The zero-order valence-electron chi connectivity index (χ0n) is 12.4. The van der Waals surface area contributed by atoms with Crippen LogP contribution in [0, 0.1) is 6.92 Å². The number of aromatic nitrogens is 4. The molecule has 5 nitrogen and oxygen atoms in total. The van der Waals surface area contributed by atoms with Gasteiger partial charge in [-0.3, -0.25) is 4.79 Å². The van der Waals surface area contributed by atoms with Crippen LogP contribution in [0.2, 0.25) is 5.02 Å². The Kier molecular flexibility index (Phi) is 3.16. The first-order valence-corrected chi connectivity index (χ1v) is 7.60. The molecule has 2 aromatic heterocycles. The summed E-state index contributed by atoms with van der Waals surface area (Å²) >= 11 is 5.95. The highest BCUT2D eigenvalue weighted by Gasteiger charge is 2.14. The van der Waals surface area contributed by atoms with E-state index in [1.165, 1.54) is 0 Å². The van der Waals surface area contributed by atoms with Gasteiger partial charge in [-0.25, -0.2) is 4.40 Å². The van der Waals surface area contributed by atoms with E-state index >= 15 is 0 Å². The highest BCUT2D eigenvalue weighted by molar-refractivity contribution is 6.30. The van der Waals surface area contributed by atoms with Crippen molar-refractivity contribution in [3.05, 3.63) is 75.2 Å². The van der Waals surface area contributed by atoms with E-state index in [-0.39, 0.29) is 5.56 Å². The molecule has 0 fully saturated rings. The standard InChI is InChI=1S/C17H13ClN4O/c1-11-16(23)22-15-5-3-2-4-14(15)21(17(22)20-19-11)10-12-6-8-13(18)9-7-12/h2-9H,10H2,1H3. The summed E-state index contributed by atoms with van der Waals surface area (Å²) in [6.07, 6.45) is 0. The number of nitrogens with zero attached hydrogens (tertiary/aromatic N) is 4. The van der Waals surface area contributed by atoms with Crippen LogP contribution in [0.25, 0.3) is 16.8 Å². The lowest BCUT2D eigenvalue weighted by molar-refractivity contribution is 0.797. The molecule has 0 aliphatic rings. The first kappa shape index (κ1) is 14.0. The average Bonchev–Trinajstić information content (AvgIpc) is 2.88. The molecule has 0 unspecified atom stereocenters. The molecule has 0 aliphatic heterocycles. The second-order valence-electron chi connectivity index (χ2n) is 5.43. The van der Waals surface area contributed by atoms with Crippen molar-refractivity contribution in [3.8, 4) is 0 Å². The molecule has 0 atom stereocenters. The van der Waals surface area contributed by atoms with Gasteiger partial charge in [-0.15, -0.1) is 10.2 Å². The fraction of sp³-hybridized carbons (Fsp3) is 0.118. The molecule has 0 amide bonds. The third-order valence-electron chi connectivity index (χ3n) is 3.91. The van der Waals surface area contributed by atoms with Crippen LogP contribution in [0.1, 0.15) is 11.3 Å². The van der Waals surface area contributed by atoms with Crippen LogP contribution >= 0.6 is 11.6 Å². The number of benzene rings is 2. The molecule has 0 saturated carbocycles. The Morgan fingerprint density at radius 3 is 2.43 bits per heavy atom. The van der Waals surface area contributed by atoms with Crippen LogP contribution < -0.4 is 5.56 Å². The maximum absolute atomic E-state index is 12.5. The maximum atomic E-state index is 12.5. The first-order valence-electron chi connectivity index (χ1n) is 7.23. The summed E-state index contributed by atoms with van der Waals surface area (Å²) in [4.78, 5) is 12.5. The van der Waals surface area contributed by atoms with Crippen LogP contribution in [0.3, 0.4) is 0 Å². The molecule has 0 saturated heterocycles. The summed E-state index contributed by atoms with van der Waals surface area (Å²) < 4.78 is 3.61. The molecule has 4 aromatic rings. The molecule has 2 aromatic carbocycles. The normalized spacial score (nSPS) is 11.4. The van der Waals surface area contributed by atoms with E-state index in [0.717, 1.165) is 16.6 Å². The Hall–Kier alpha value is -2.66. The van der Waals surface area contributed by atoms with Gasteiger partial charge in [0.15, 0.2) is 0 Å². The van der Waals surface area contributed by atoms with Crippen LogP contribution in [-0.2, 0) is 6.54 Å². The van der Waals surface area contributed by atoms with Crippen LogP contribution in [0.15, 0.2) is 53.3 Å². The zero-order valence-corrected chi connectivity index (χ0v) is 13.2. The second kappa shape index (κ2) is 5.21. The van der Waals surface area contributed by atoms with Gasteiger partial charge in [0, 0.05) is 5.02 Å². The number of para-hydroxylation sites is 2. The summed E-state index contributed by atoms with van der Waals surface area (Å²) in [5.41, 5.74) is 3.10. The Balaban J connectivity index is 2.02. The molecule has 0 N–H and O–H groups in total. The number of hydrogen-bond donors (Lipinski definition) is 0. The minimum atomic E-state index is -0.138. The summed E-state index contributed by atoms with van der Waals surface area (Å²) in [6, 6.07) is 15.4. The van der Waals surface area contributed by atoms with E-state index in [2.05, 4.69) is 10.2 Å². The quantitative estimate of drug-likeness (QED) is 0.569. The summed E-state index contributed by atoms with van der Waals surface area (Å²) in [5.74, 6) is 0.539. The minimum Gasteiger partial charge on any atom is -0.304 e. The SMILES string of the molecule is Cc1nnc2n(Cc3ccc(Cl)cc3)c3ccccc3n2c1=O. The minimum absolute atomic E-state index is 0.138. The van der Waals surface area contributed by atoms with E-state index in [4.69, 9.17) is 11.6 Å². The molecule has 6 heteroatoms. The highest BCUT2D eigenvalue weighted by atomic mass is 35.5. The van der Waals surface area contributed by atoms with Crippen LogP contribution in [-0.4, -0.2) is 19.2 Å². The Labute approximate surface area is 136 Å².